The lowest BCUT2D eigenvalue weighted by molar-refractivity contribution is 0.135. The zero-order chi connectivity index (χ0) is 5.11. The lowest BCUT2D eigenvalue weighted by atomic mass is 10.5. The van der Waals surface area contributed by atoms with Gasteiger partial charge in [0.1, 0.15) is 5.56 Å². The van der Waals surface area contributed by atoms with Gasteiger partial charge in [-0.2, -0.15) is 0 Å². The summed E-state index contributed by atoms with van der Waals surface area (Å²) in [6.07, 6.45) is 0. The average Bonchev–Trinajstić information content (AvgIpc) is 1.69. The second-order valence-electron chi connectivity index (χ2n) is 1.37. The summed E-state index contributed by atoms with van der Waals surface area (Å²) in [7, 11) is 0. The van der Waals surface area contributed by atoms with Gasteiger partial charge in [-0.25, -0.2) is 0 Å². The van der Waals surface area contributed by atoms with Crippen LogP contribution >= 0.6 is 11.6 Å². The molecule has 0 aliphatic carbocycles. The maximum Gasteiger partial charge on any atom is 0.144 e. The van der Waals surface area contributed by atoms with E-state index in [1.165, 1.54) is 0 Å². The number of morpholine rings is 1. The summed E-state index contributed by atoms with van der Waals surface area (Å²) in [5.41, 5.74) is -0.159. The Balaban J connectivity index is 2.12. The first kappa shape index (κ1) is 5.35. The van der Waals surface area contributed by atoms with Gasteiger partial charge in [-0.15, -0.1) is 0 Å². The highest BCUT2D eigenvalue weighted by molar-refractivity contribution is 6.19. The van der Waals surface area contributed by atoms with Crippen LogP contribution in [0.2, 0.25) is 0 Å². The second-order valence-corrected chi connectivity index (χ2v) is 1.86. The zero-order valence-electron chi connectivity index (χ0n) is 3.86. The van der Waals surface area contributed by atoms with Crippen molar-refractivity contribution in [2.24, 2.45) is 0 Å². The van der Waals surface area contributed by atoms with E-state index in [0.29, 0.717) is 0 Å². The van der Waals surface area contributed by atoms with Crippen LogP contribution in [-0.2, 0) is 4.74 Å². The molecule has 2 nitrogen and oxygen atoms in total. The molecule has 0 saturated carbocycles. The van der Waals surface area contributed by atoms with Crippen LogP contribution in [0, 0.1) is 6.61 Å². The van der Waals surface area contributed by atoms with Gasteiger partial charge >= 0.3 is 0 Å². The number of ether oxygens (including phenoxy) is 1. The topological polar surface area (TPSA) is 21.3 Å². The Morgan fingerprint density at radius 3 is 3.00 bits per heavy atom. The lowest BCUT2D eigenvalue weighted by Crippen LogP contribution is -2.32. The Morgan fingerprint density at radius 1 is 1.86 bits per heavy atom. The fourth-order valence-electron chi connectivity index (χ4n) is 0.456. The number of hydrogen-bond donors (Lipinski definition) is 1. The number of alkyl halides is 1. The van der Waals surface area contributed by atoms with Crippen molar-refractivity contribution >= 4 is 11.6 Å². The van der Waals surface area contributed by atoms with Gasteiger partial charge in [0, 0.05) is 13.1 Å². The van der Waals surface area contributed by atoms with E-state index in [0.717, 1.165) is 13.1 Å². The van der Waals surface area contributed by atoms with Gasteiger partial charge in [0.15, 0.2) is 0 Å². The molecular weight excluding hydrogens is 114 g/mol. The molecule has 3 heteroatoms. The summed E-state index contributed by atoms with van der Waals surface area (Å²) in [6.45, 7) is 3.22. The molecule has 1 unspecified atom stereocenters. The molecule has 0 aromatic rings. The van der Waals surface area contributed by atoms with Crippen molar-refractivity contribution in [2.75, 3.05) is 13.1 Å². The van der Waals surface area contributed by atoms with Gasteiger partial charge in [-0.3, -0.25) is 0 Å². The van der Waals surface area contributed by atoms with Crippen LogP contribution in [0.4, 0.5) is 0 Å². The summed E-state index contributed by atoms with van der Waals surface area (Å²) >= 11 is 5.50. The average molecular weight is 121 g/mol. The van der Waals surface area contributed by atoms with E-state index in [1.54, 1.807) is 6.61 Å². The van der Waals surface area contributed by atoms with Crippen molar-refractivity contribution in [3.63, 3.8) is 0 Å². The van der Waals surface area contributed by atoms with E-state index in [-0.39, 0.29) is 5.56 Å². The molecule has 0 aromatic carbocycles. The largest absolute Gasteiger partial charge is 0.354 e. The van der Waals surface area contributed by atoms with E-state index in [4.69, 9.17) is 16.3 Å². The molecule has 0 spiro atoms. The Morgan fingerprint density at radius 2 is 2.71 bits per heavy atom. The highest BCUT2D eigenvalue weighted by Gasteiger charge is 2.07. The maximum atomic E-state index is 5.50. The summed E-state index contributed by atoms with van der Waals surface area (Å²) in [4.78, 5) is 0. The molecule has 1 radical (unpaired) electrons. The van der Waals surface area contributed by atoms with Crippen LogP contribution in [0.1, 0.15) is 0 Å². The van der Waals surface area contributed by atoms with Crippen LogP contribution in [0.5, 0.6) is 0 Å². The van der Waals surface area contributed by atoms with E-state index in [9.17, 15) is 0 Å². The molecular formula is C4H7ClNO. The minimum absolute atomic E-state index is 0.159. The van der Waals surface area contributed by atoms with Crippen LogP contribution in [0.15, 0.2) is 0 Å². The van der Waals surface area contributed by atoms with Crippen molar-refractivity contribution in [3.05, 3.63) is 6.61 Å². The molecule has 1 aliphatic heterocycles. The summed E-state index contributed by atoms with van der Waals surface area (Å²) in [6, 6.07) is 0. The molecule has 1 atom stereocenters. The summed E-state index contributed by atoms with van der Waals surface area (Å²) in [5.74, 6) is 0. The Kier molecular flexibility index (Phi) is 1.91. The van der Waals surface area contributed by atoms with Gasteiger partial charge < -0.3 is 10.1 Å². The number of rotatable bonds is 0. The van der Waals surface area contributed by atoms with Crippen molar-refractivity contribution in [1.82, 2.24) is 5.32 Å². The molecule has 1 heterocycles. The molecule has 0 amide bonds. The van der Waals surface area contributed by atoms with Crippen molar-refractivity contribution < 1.29 is 4.74 Å². The molecule has 1 saturated heterocycles. The Labute approximate surface area is 47.8 Å². The Bertz CT molecular complexity index is 53.7. The van der Waals surface area contributed by atoms with E-state index < -0.39 is 0 Å². The van der Waals surface area contributed by atoms with Crippen molar-refractivity contribution in [2.45, 2.75) is 5.56 Å². The minimum Gasteiger partial charge on any atom is -0.354 e. The smallest absolute Gasteiger partial charge is 0.144 e. The predicted octanol–water partition coefficient (Wildman–Crippen LogP) is 0.333. The molecule has 1 rings (SSSR count). The third kappa shape index (κ3) is 1.63. The predicted molar refractivity (Wildman–Crippen MR) is 27.9 cm³/mol. The monoisotopic (exact) mass is 120 g/mol. The molecule has 0 aromatic heterocycles. The molecule has 0 bridgehead atoms. The third-order valence-electron chi connectivity index (χ3n) is 0.776. The maximum absolute atomic E-state index is 5.50. The minimum atomic E-state index is -0.159. The van der Waals surface area contributed by atoms with E-state index >= 15 is 0 Å². The number of nitrogens with one attached hydrogen (secondary N) is 1. The standard InChI is InChI=1S/C4H7ClNO/c5-4-3-6-1-2-7-4/h2,4,6H,1,3H2. The van der Waals surface area contributed by atoms with Gasteiger partial charge in [0.25, 0.3) is 0 Å². The molecule has 41 valence electrons. The Hall–Kier alpha value is 0.210. The lowest BCUT2D eigenvalue weighted by Gasteiger charge is -2.16. The first-order chi connectivity index (χ1) is 3.39. The zero-order valence-corrected chi connectivity index (χ0v) is 4.61. The van der Waals surface area contributed by atoms with Crippen LogP contribution in [0.3, 0.4) is 0 Å². The van der Waals surface area contributed by atoms with Gasteiger partial charge in [-0.05, 0) is 0 Å². The fourth-order valence-corrected chi connectivity index (χ4v) is 0.638. The highest BCUT2D eigenvalue weighted by Crippen LogP contribution is 2.01. The van der Waals surface area contributed by atoms with Crippen molar-refractivity contribution in [1.29, 1.82) is 0 Å². The van der Waals surface area contributed by atoms with Gasteiger partial charge in [0.05, 0.1) is 6.61 Å². The SMILES string of the molecule is ClC1CNC[CH]O1. The van der Waals surface area contributed by atoms with Crippen LogP contribution < -0.4 is 5.32 Å². The van der Waals surface area contributed by atoms with Crippen molar-refractivity contribution in [3.8, 4) is 0 Å². The van der Waals surface area contributed by atoms with Crippen LogP contribution in [0.25, 0.3) is 0 Å². The van der Waals surface area contributed by atoms with E-state index in [1.807, 2.05) is 0 Å². The van der Waals surface area contributed by atoms with E-state index in [2.05, 4.69) is 5.32 Å². The number of hydrogen-bond acceptors (Lipinski definition) is 2. The second kappa shape index (κ2) is 2.50. The quantitative estimate of drug-likeness (QED) is 0.466. The molecule has 1 fully saturated rings. The summed E-state index contributed by atoms with van der Waals surface area (Å²) in [5, 5.41) is 3.02. The van der Waals surface area contributed by atoms with Gasteiger partial charge in [-0.1, -0.05) is 11.6 Å². The molecule has 7 heavy (non-hydrogen) atoms. The van der Waals surface area contributed by atoms with Gasteiger partial charge in [0.2, 0.25) is 0 Å². The van der Waals surface area contributed by atoms with Crippen LogP contribution in [-0.4, -0.2) is 18.7 Å². The first-order valence-electron chi connectivity index (χ1n) is 2.21. The molecule has 1 N–H and O–H groups in total. The molecule has 1 aliphatic rings. The summed E-state index contributed by atoms with van der Waals surface area (Å²) < 4.78 is 4.86. The fraction of sp³-hybridized carbons (Fsp3) is 0.750. The third-order valence-corrected chi connectivity index (χ3v) is 1.03. The first-order valence-corrected chi connectivity index (χ1v) is 2.65. The highest BCUT2D eigenvalue weighted by atomic mass is 35.5. The number of halogens is 1. The normalized spacial score (nSPS) is 33.0.